The Morgan fingerprint density at radius 3 is 2.22 bits per heavy atom. The van der Waals surface area contributed by atoms with Crippen LogP contribution in [0.5, 0.6) is 5.75 Å². The number of amides is 4. The maximum absolute atomic E-state index is 13.5. The minimum absolute atomic E-state index is 0.0250. The fraction of sp³-hybridized carbons (Fsp3) is 0.444. The topological polar surface area (TPSA) is 117 Å². The number of nitrogens with two attached hydrogens (primary N) is 1. The molecule has 0 spiro atoms. The number of rotatable bonds is 5. The molecule has 1 atom stereocenters. The Morgan fingerprint density at radius 2 is 1.58 bits per heavy atom. The lowest BCUT2D eigenvalue weighted by Crippen LogP contribution is -2.56. The lowest BCUT2D eigenvalue weighted by Gasteiger charge is -2.32. The molecule has 1 aliphatic heterocycles. The van der Waals surface area contributed by atoms with Gasteiger partial charge in [0.15, 0.2) is 6.17 Å². The largest absolute Gasteiger partial charge is 0.497 e. The molecule has 1 aliphatic carbocycles. The second kappa shape index (κ2) is 11.0. The van der Waals surface area contributed by atoms with Gasteiger partial charge in [0, 0.05) is 36.4 Å². The van der Waals surface area contributed by atoms with E-state index in [0.717, 1.165) is 36.8 Å². The van der Waals surface area contributed by atoms with E-state index in [2.05, 4.69) is 10.6 Å². The van der Waals surface area contributed by atoms with Gasteiger partial charge in [-0.2, -0.15) is 0 Å². The van der Waals surface area contributed by atoms with Gasteiger partial charge in [-0.3, -0.25) is 14.5 Å². The summed E-state index contributed by atoms with van der Waals surface area (Å²) in [6.07, 6.45) is 2.18. The summed E-state index contributed by atoms with van der Waals surface area (Å²) in [4.78, 5) is 43.2. The summed E-state index contributed by atoms with van der Waals surface area (Å²) < 4.78 is 5.17. The van der Waals surface area contributed by atoms with Gasteiger partial charge in [-0.15, -0.1) is 0 Å². The summed E-state index contributed by atoms with van der Waals surface area (Å²) in [6.45, 7) is 4.43. The second-order valence-corrected chi connectivity index (χ2v) is 9.64. The number of aryl methyl sites for hydroxylation is 2. The maximum Gasteiger partial charge on any atom is 0.323 e. The molecule has 192 valence electrons. The Kier molecular flexibility index (Phi) is 7.79. The van der Waals surface area contributed by atoms with E-state index in [0.29, 0.717) is 17.0 Å². The van der Waals surface area contributed by atoms with E-state index in [9.17, 15) is 14.4 Å². The number of nitrogens with one attached hydrogen (secondary N) is 2. The van der Waals surface area contributed by atoms with Gasteiger partial charge in [0.2, 0.25) is 0 Å². The zero-order valence-corrected chi connectivity index (χ0v) is 21.1. The summed E-state index contributed by atoms with van der Waals surface area (Å²) in [5, 5.41) is 5.92. The van der Waals surface area contributed by atoms with E-state index >= 15 is 0 Å². The van der Waals surface area contributed by atoms with Crippen LogP contribution in [0.4, 0.5) is 10.5 Å². The van der Waals surface area contributed by atoms with Crippen molar-refractivity contribution in [1.82, 2.24) is 15.1 Å². The van der Waals surface area contributed by atoms with Gasteiger partial charge in [0.05, 0.1) is 7.11 Å². The lowest BCUT2D eigenvalue weighted by molar-refractivity contribution is -0.128. The van der Waals surface area contributed by atoms with Gasteiger partial charge >= 0.3 is 6.03 Å². The molecular weight excluding hydrogens is 458 g/mol. The van der Waals surface area contributed by atoms with Crippen molar-refractivity contribution in [3.8, 4) is 5.75 Å². The summed E-state index contributed by atoms with van der Waals surface area (Å²) in [6, 6.07) is 12.1. The van der Waals surface area contributed by atoms with Crippen molar-refractivity contribution < 1.29 is 19.1 Å². The molecule has 9 heteroatoms. The molecule has 1 unspecified atom stereocenters. The zero-order chi connectivity index (χ0) is 25.8. The molecule has 0 bridgehead atoms. The van der Waals surface area contributed by atoms with E-state index in [4.69, 9.17) is 10.5 Å². The van der Waals surface area contributed by atoms with Crippen LogP contribution in [0.2, 0.25) is 0 Å². The van der Waals surface area contributed by atoms with Gasteiger partial charge in [0.25, 0.3) is 11.8 Å². The van der Waals surface area contributed by atoms with Crippen LogP contribution in [0.15, 0.2) is 42.5 Å². The van der Waals surface area contributed by atoms with Crippen molar-refractivity contribution in [2.45, 2.75) is 57.8 Å². The van der Waals surface area contributed by atoms with Crippen molar-refractivity contribution >= 4 is 23.5 Å². The van der Waals surface area contributed by atoms with Crippen molar-refractivity contribution in [1.29, 1.82) is 0 Å². The number of urea groups is 1. The molecule has 1 heterocycles. The fourth-order valence-corrected chi connectivity index (χ4v) is 4.79. The number of anilines is 1. The molecule has 1 saturated heterocycles. The average molecular weight is 494 g/mol. The molecule has 4 rings (SSSR count). The molecule has 9 nitrogen and oxygen atoms in total. The molecule has 0 aromatic heterocycles. The van der Waals surface area contributed by atoms with Crippen molar-refractivity contribution in [2.75, 3.05) is 25.5 Å². The summed E-state index contributed by atoms with van der Waals surface area (Å²) in [5.41, 5.74) is 9.16. The van der Waals surface area contributed by atoms with Crippen molar-refractivity contribution in [3.05, 3.63) is 59.2 Å². The standard InChI is InChI=1S/C27H35N5O4/c1-17-4-5-19(16-18(17)2)26(34)31-14-15-32(27(35)30-22-10-12-23(36-3)13-11-22)25(31)24(33)29-21-8-6-20(28)7-9-21/h4-5,10-13,16,20-21,25H,6-9,14-15,28H2,1-3H3,(H,29,33)(H,30,35). The highest BCUT2D eigenvalue weighted by Gasteiger charge is 2.43. The summed E-state index contributed by atoms with van der Waals surface area (Å²) in [7, 11) is 1.57. The normalized spacial score (nSPS) is 21.7. The van der Waals surface area contributed by atoms with Gasteiger partial charge in [-0.05, 0) is 87.1 Å². The number of hydrogen-bond acceptors (Lipinski definition) is 5. The number of methoxy groups -OCH3 is 1. The molecule has 2 fully saturated rings. The molecule has 0 radical (unpaired) electrons. The minimum atomic E-state index is -1.05. The SMILES string of the molecule is COc1ccc(NC(=O)N2CCN(C(=O)c3ccc(C)c(C)c3)C2C(=O)NC2CCC(N)CC2)cc1. The van der Waals surface area contributed by atoms with E-state index in [1.165, 1.54) is 9.80 Å². The summed E-state index contributed by atoms with van der Waals surface area (Å²) >= 11 is 0. The lowest BCUT2D eigenvalue weighted by atomic mass is 9.92. The second-order valence-electron chi connectivity index (χ2n) is 9.64. The van der Waals surface area contributed by atoms with Crippen LogP contribution in [-0.4, -0.2) is 66.1 Å². The molecule has 1 saturated carbocycles. The number of benzene rings is 2. The maximum atomic E-state index is 13.5. The highest BCUT2D eigenvalue weighted by molar-refractivity contribution is 6.00. The van der Waals surface area contributed by atoms with Crippen LogP contribution < -0.4 is 21.1 Å². The molecule has 4 N–H and O–H groups in total. The predicted octanol–water partition coefficient (Wildman–Crippen LogP) is 3.01. The Hall–Kier alpha value is -3.59. The first-order chi connectivity index (χ1) is 17.3. The van der Waals surface area contributed by atoms with E-state index in [-0.39, 0.29) is 37.0 Å². The highest BCUT2D eigenvalue weighted by Crippen LogP contribution is 2.24. The van der Waals surface area contributed by atoms with E-state index in [1.807, 2.05) is 26.0 Å². The van der Waals surface area contributed by atoms with Gasteiger partial charge in [-0.1, -0.05) is 6.07 Å². The molecule has 2 aliphatic rings. The first-order valence-electron chi connectivity index (χ1n) is 12.4. The van der Waals surface area contributed by atoms with Crippen molar-refractivity contribution in [3.63, 3.8) is 0 Å². The number of carbonyl (C=O) groups excluding carboxylic acids is 3. The minimum Gasteiger partial charge on any atom is -0.497 e. The van der Waals surface area contributed by atoms with E-state index < -0.39 is 12.2 Å². The number of carbonyl (C=O) groups is 3. The van der Waals surface area contributed by atoms with Gasteiger partial charge in [-0.25, -0.2) is 4.79 Å². The van der Waals surface area contributed by atoms with Crippen LogP contribution in [0.3, 0.4) is 0 Å². The van der Waals surface area contributed by atoms with Crippen LogP contribution in [0.25, 0.3) is 0 Å². The monoisotopic (exact) mass is 493 g/mol. The number of nitrogens with zero attached hydrogens (tertiary/aromatic N) is 2. The Morgan fingerprint density at radius 1 is 0.917 bits per heavy atom. The molecule has 36 heavy (non-hydrogen) atoms. The molecule has 2 aromatic carbocycles. The highest BCUT2D eigenvalue weighted by atomic mass is 16.5. The average Bonchev–Trinajstić information content (AvgIpc) is 3.33. The third-order valence-electron chi connectivity index (χ3n) is 7.14. The van der Waals surface area contributed by atoms with E-state index in [1.54, 1.807) is 37.4 Å². The Bertz CT molecular complexity index is 1110. The first-order valence-corrected chi connectivity index (χ1v) is 12.4. The fourth-order valence-electron chi connectivity index (χ4n) is 4.79. The molecular formula is C27H35N5O4. The van der Waals surface area contributed by atoms with Crippen LogP contribution in [-0.2, 0) is 4.79 Å². The zero-order valence-electron chi connectivity index (χ0n) is 21.1. The number of hydrogen-bond donors (Lipinski definition) is 3. The van der Waals surface area contributed by atoms with Crippen molar-refractivity contribution in [2.24, 2.45) is 5.73 Å². The number of ether oxygens (including phenoxy) is 1. The van der Waals surface area contributed by atoms with Crippen LogP contribution in [0.1, 0.15) is 47.2 Å². The molecule has 4 amide bonds. The van der Waals surface area contributed by atoms with Gasteiger partial charge in [0.1, 0.15) is 5.75 Å². The quantitative estimate of drug-likeness (QED) is 0.592. The predicted molar refractivity (Wildman–Crippen MR) is 138 cm³/mol. The third-order valence-corrected chi connectivity index (χ3v) is 7.14. The first kappa shape index (κ1) is 25.5. The smallest absolute Gasteiger partial charge is 0.323 e. The Balaban J connectivity index is 1.55. The van der Waals surface area contributed by atoms with Crippen LogP contribution >= 0.6 is 0 Å². The summed E-state index contributed by atoms with van der Waals surface area (Å²) in [5.74, 6) is 0.0440. The molecule has 2 aromatic rings. The van der Waals surface area contributed by atoms with Crippen LogP contribution in [0, 0.1) is 13.8 Å². The van der Waals surface area contributed by atoms with Gasteiger partial charge < -0.3 is 26.0 Å². The Labute approximate surface area is 212 Å². The third kappa shape index (κ3) is 5.62.